The third kappa shape index (κ3) is 3.85. The number of benzene rings is 1. The summed E-state index contributed by atoms with van der Waals surface area (Å²) in [4.78, 5) is 3.82. The number of hydrogen-bond acceptors (Lipinski definition) is 3. The van der Waals surface area contributed by atoms with Gasteiger partial charge in [-0.1, -0.05) is 26.8 Å². The van der Waals surface area contributed by atoms with Gasteiger partial charge in [0.1, 0.15) is 29.9 Å². The quantitative estimate of drug-likeness (QED) is 0.943. The number of hydrogen-bond donors (Lipinski definition) is 1. The minimum atomic E-state index is -1.50. The highest BCUT2D eigenvalue weighted by molar-refractivity contribution is 5.25. The molecule has 1 aromatic carbocycles. The van der Waals surface area contributed by atoms with E-state index in [-0.39, 0.29) is 17.5 Å². The van der Waals surface area contributed by atoms with Gasteiger partial charge >= 0.3 is 0 Å². The van der Waals surface area contributed by atoms with E-state index in [0.29, 0.717) is 6.42 Å². The van der Waals surface area contributed by atoms with E-state index in [2.05, 4.69) is 10.1 Å². The Morgan fingerprint density at radius 3 is 2.48 bits per heavy atom. The van der Waals surface area contributed by atoms with Gasteiger partial charge in [-0.05, 0) is 17.9 Å². The molecule has 0 bridgehead atoms. The second-order valence-electron chi connectivity index (χ2n) is 6.49. The topological polar surface area (TPSA) is 50.9 Å². The number of aliphatic hydroxyl groups is 1. The molecule has 21 heavy (non-hydrogen) atoms. The van der Waals surface area contributed by atoms with Gasteiger partial charge in [0, 0.05) is 11.6 Å². The van der Waals surface area contributed by atoms with E-state index in [0.717, 1.165) is 12.1 Å². The summed E-state index contributed by atoms with van der Waals surface area (Å²) in [6, 6.07) is 3.21. The molecule has 0 aliphatic rings. The second kappa shape index (κ2) is 5.52. The van der Waals surface area contributed by atoms with E-state index in [1.54, 1.807) is 0 Å². The van der Waals surface area contributed by atoms with E-state index >= 15 is 0 Å². The zero-order chi connectivity index (χ0) is 15.7. The summed E-state index contributed by atoms with van der Waals surface area (Å²) >= 11 is 0. The van der Waals surface area contributed by atoms with Crippen LogP contribution in [-0.4, -0.2) is 19.9 Å². The first-order valence-corrected chi connectivity index (χ1v) is 6.70. The van der Waals surface area contributed by atoms with Crippen molar-refractivity contribution in [3.63, 3.8) is 0 Å². The molecule has 0 fully saturated rings. The number of rotatable bonds is 4. The van der Waals surface area contributed by atoms with Crippen LogP contribution in [0.3, 0.4) is 0 Å². The maximum Gasteiger partial charge on any atom is 0.137 e. The van der Waals surface area contributed by atoms with Crippen molar-refractivity contribution in [3.8, 4) is 0 Å². The van der Waals surface area contributed by atoms with Crippen LogP contribution in [0.2, 0.25) is 0 Å². The van der Waals surface area contributed by atoms with Crippen molar-refractivity contribution in [2.75, 3.05) is 0 Å². The Morgan fingerprint density at radius 1 is 1.24 bits per heavy atom. The van der Waals surface area contributed by atoms with E-state index in [4.69, 9.17) is 0 Å². The predicted molar refractivity (Wildman–Crippen MR) is 74.3 cm³/mol. The number of halogens is 2. The minimum Gasteiger partial charge on any atom is -0.383 e. The van der Waals surface area contributed by atoms with Crippen LogP contribution in [0.5, 0.6) is 0 Å². The van der Waals surface area contributed by atoms with Crippen molar-refractivity contribution in [1.29, 1.82) is 0 Å². The molecule has 0 amide bonds. The Morgan fingerprint density at radius 2 is 1.95 bits per heavy atom. The molecule has 2 aromatic rings. The summed E-state index contributed by atoms with van der Waals surface area (Å²) in [5, 5.41) is 15.0. The van der Waals surface area contributed by atoms with Gasteiger partial charge in [-0.3, -0.25) is 0 Å². The molecule has 1 atom stereocenters. The van der Waals surface area contributed by atoms with Crippen LogP contribution in [-0.2, 0) is 12.1 Å². The summed E-state index contributed by atoms with van der Waals surface area (Å²) in [5.41, 5.74) is -1.69. The third-order valence-corrected chi connectivity index (χ3v) is 3.15. The van der Waals surface area contributed by atoms with Gasteiger partial charge in [-0.25, -0.2) is 18.4 Å². The van der Waals surface area contributed by atoms with Gasteiger partial charge in [-0.2, -0.15) is 5.10 Å². The molecule has 6 heteroatoms. The summed E-state index contributed by atoms with van der Waals surface area (Å²) < 4.78 is 28.6. The van der Waals surface area contributed by atoms with E-state index in [9.17, 15) is 13.9 Å². The van der Waals surface area contributed by atoms with Crippen LogP contribution in [0.4, 0.5) is 8.78 Å². The van der Waals surface area contributed by atoms with Crippen molar-refractivity contribution in [3.05, 3.63) is 48.1 Å². The molecule has 0 radical (unpaired) electrons. The van der Waals surface area contributed by atoms with Crippen molar-refractivity contribution in [2.24, 2.45) is 5.41 Å². The molecule has 4 nitrogen and oxygen atoms in total. The summed E-state index contributed by atoms with van der Waals surface area (Å²) in [6.45, 7) is 5.88. The highest BCUT2D eigenvalue weighted by Crippen LogP contribution is 2.37. The van der Waals surface area contributed by atoms with Crippen molar-refractivity contribution < 1.29 is 13.9 Å². The molecule has 2 rings (SSSR count). The maximum absolute atomic E-state index is 14.1. The van der Waals surface area contributed by atoms with Crippen LogP contribution < -0.4 is 0 Å². The molecular formula is C15H19F2N3O. The average Bonchev–Trinajstić information content (AvgIpc) is 2.78. The van der Waals surface area contributed by atoms with Crippen LogP contribution in [0.15, 0.2) is 30.9 Å². The summed E-state index contributed by atoms with van der Waals surface area (Å²) in [7, 11) is 0. The maximum atomic E-state index is 14.1. The Labute approximate surface area is 122 Å². The first kappa shape index (κ1) is 15.6. The molecule has 1 unspecified atom stereocenters. The fourth-order valence-electron chi connectivity index (χ4n) is 2.56. The Kier molecular flexibility index (Phi) is 4.09. The van der Waals surface area contributed by atoms with Crippen molar-refractivity contribution in [1.82, 2.24) is 14.8 Å². The lowest BCUT2D eigenvalue weighted by Crippen LogP contribution is -2.36. The summed E-state index contributed by atoms with van der Waals surface area (Å²) in [6.07, 6.45) is 3.09. The standard InChI is InChI=1S/C15H19F2N3O/c1-14(2,3)7-15(21,8-20-10-18-9-19-20)12-5-4-11(16)6-13(12)17/h4-6,9-10,21H,7-8H2,1-3H3. The molecule has 0 saturated carbocycles. The lowest BCUT2D eigenvalue weighted by molar-refractivity contribution is -0.0244. The van der Waals surface area contributed by atoms with Gasteiger partial charge in [0.2, 0.25) is 0 Å². The van der Waals surface area contributed by atoms with E-state index < -0.39 is 17.2 Å². The molecule has 0 aliphatic carbocycles. The SMILES string of the molecule is CC(C)(C)CC(O)(Cn1cncn1)c1ccc(F)cc1F. The Bertz CT molecular complexity index is 608. The zero-order valence-electron chi connectivity index (χ0n) is 12.3. The van der Waals surface area contributed by atoms with Gasteiger partial charge in [0.15, 0.2) is 0 Å². The highest BCUT2D eigenvalue weighted by atomic mass is 19.1. The van der Waals surface area contributed by atoms with Crippen LogP contribution in [0.25, 0.3) is 0 Å². The third-order valence-electron chi connectivity index (χ3n) is 3.15. The largest absolute Gasteiger partial charge is 0.383 e. The molecular weight excluding hydrogens is 276 g/mol. The first-order valence-electron chi connectivity index (χ1n) is 6.70. The predicted octanol–water partition coefficient (Wildman–Crippen LogP) is 2.88. The second-order valence-corrected chi connectivity index (χ2v) is 6.49. The fraction of sp³-hybridized carbons (Fsp3) is 0.467. The van der Waals surface area contributed by atoms with Crippen molar-refractivity contribution >= 4 is 0 Å². The van der Waals surface area contributed by atoms with E-state index in [1.165, 1.54) is 23.4 Å². The van der Waals surface area contributed by atoms with Gasteiger partial charge < -0.3 is 5.11 Å². The van der Waals surface area contributed by atoms with E-state index in [1.807, 2.05) is 20.8 Å². The normalized spacial score (nSPS) is 15.0. The molecule has 0 saturated heterocycles. The number of nitrogens with zero attached hydrogens (tertiary/aromatic N) is 3. The highest BCUT2D eigenvalue weighted by Gasteiger charge is 2.37. The zero-order valence-corrected chi connectivity index (χ0v) is 12.3. The van der Waals surface area contributed by atoms with Gasteiger partial charge in [-0.15, -0.1) is 0 Å². The molecule has 0 aliphatic heterocycles. The molecule has 0 spiro atoms. The first-order chi connectivity index (χ1) is 9.70. The number of aromatic nitrogens is 3. The average molecular weight is 295 g/mol. The summed E-state index contributed by atoms with van der Waals surface area (Å²) in [5.74, 6) is -1.43. The molecule has 114 valence electrons. The van der Waals surface area contributed by atoms with Crippen LogP contribution >= 0.6 is 0 Å². The van der Waals surface area contributed by atoms with Crippen molar-refractivity contribution in [2.45, 2.75) is 39.3 Å². The van der Waals surface area contributed by atoms with Crippen LogP contribution in [0, 0.1) is 17.0 Å². The van der Waals surface area contributed by atoms with Gasteiger partial charge in [0.25, 0.3) is 0 Å². The van der Waals surface area contributed by atoms with Crippen LogP contribution in [0.1, 0.15) is 32.8 Å². The Balaban J connectivity index is 2.44. The smallest absolute Gasteiger partial charge is 0.137 e. The monoisotopic (exact) mass is 295 g/mol. The molecule has 1 aromatic heterocycles. The lowest BCUT2D eigenvalue weighted by Gasteiger charge is -2.34. The lowest BCUT2D eigenvalue weighted by atomic mass is 9.78. The molecule has 1 heterocycles. The van der Waals surface area contributed by atoms with Gasteiger partial charge in [0.05, 0.1) is 6.54 Å². The Hall–Kier alpha value is -1.82. The fourth-order valence-corrected chi connectivity index (χ4v) is 2.56. The molecule has 1 N–H and O–H groups in total. The minimum absolute atomic E-state index is 0.0484.